The number of anilines is 3. The Bertz CT molecular complexity index is 965. The molecule has 2 bridgehead atoms. The molecule has 28 heavy (non-hydrogen) atoms. The minimum Gasteiger partial charge on any atom is -0.348 e. The van der Waals surface area contributed by atoms with E-state index in [1.807, 2.05) is 42.5 Å². The fourth-order valence-electron chi connectivity index (χ4n) is 3.96. The molecule has 1 aromatic carbocycles. The van der Waals surface area contributed by atoms with Crippen LogP contribution >= 0.6 is 11.3 Å². The Morgan fingerprint density at radius 2 is 1.86 bits per heavy atom. The molecular weight excluding hydrogens is 374 g/mol. The number of hydrogen-bond donors (Lipinski definition) is 1. The third-order valence-corrected chi connectivity index (χ3v) is 6.08. The Labute approximate surface area is 166 Å². The Hall–Kier alpha value is -3.07. The number of amides is 1. The van der Waals surface area contributed by atoms with Crippen LogP contribution in [0.2, 0.25) is 0 Å². The fourth-order valence-corrected chi connectivity index (χ4v) is 4.80. The first kappa shape index (κ1) is 17.1. The van der Waals surface area contributed by atoms with Crippen molar-refractivity contribution in [3.05, 3.63) is 54.2 Å². The summed E-state index contributed by atoms with van der Waals surface area (Å²) in [5.41, 5.74) is 0.977. The van der Waals surface area contributed by atoms with Gasteiger partial charge in [0, 0.05) is 19.3 Å². The third-order valence-electron chi connectivity index (χ3n) is 5.21. The van der Waals surface area contributed by atoms with E-state index in [0.29, 0.717) is 23.6 Å². The van der Waals surface area contributed by atoms with E-state index in [1.54, 1.807) is 6.20 Å². The number of carbonyl (C=O) groups is 1. The average Bonchev–Trinajstić information content (AvgIpc) is 3.45. The van der Waals surface area contributed by atoms with Gasteiger partial charge in [-0.2, -0.15) is 5.10 Å². The molecule has 2 saturated heterocycles. The second-order valence-corrected chi connectivity index (χ2v) is 7.99. The summed E-state index contributed by atoms with van der Waals surface area (Å²) in [4.78, 5) is 16.8. The Morgan fingerprint density at radius 1 is 1.04 bits per heavy atom. The van der Waals surface area contributed by atoms with Crippen LogP contribution < -0.4 is 15.1 Å². The lowest BCUT2D eigenvalue weighted by atomic mass is 10.1. The molecule has 0 saturated carbocycles. The Morgan fingerprint density at radius 3 is 2.61 bits per heavy atom. The van der Waals surface area contributed by atoms with Gasteiger partial charge in [0.25, 0.3) is 0 Å². The van der Waals surface area contributed by atoms with Crippen LogP contribution in [0.3, 0.4) is 0 Å². The summed E-state index contributed by atoms with van der Waals surface area (Å²) in [6.45, 7) is 1.78. The molecule has 5 rings (SSSR count). The first-order valence-corrected chi connectivity index (χ1v) is 10.1. The first-order valence-electron chi connectivity index (χ1n) is 9.24. The summed E-state index contributed by atoms with van der Waals surface area (Å²) < 4.78 is 0. The topological polar surface area (TPSA) is 87.1 Å². The normalized spacial score (nSPS) is 20.6. The maximum absolute atomic E-state index is 12.2. The molecule has 4 heterocycles. The molecule has 142 valence electrons. The van der Waals surface area contributed by atoms with Crippen LogP contribution in [0.15, 0.2) is 48.7 Å². The van der Waals surface area contributed by atoms with Gasteiger partial charge in [-0.25, -0.2) is 0 Å². The van der Waals surface area contributed by atoms with Gasteiger partial charge in [0.1, 0.15) is 0 Å². The van der Waals surface area contributed by atoms with Crippen molar-refractivity contribution in [2.45, 2.75) is 24.9 Å². The minimum atomic E-state index is -0.0781. The van der Waals surface area contributed by atoms with Crippen molar-refractivity contribution < 1.29 is 4.79 Å². The average molecular weight is 393 g/mol. The monoisotopic (exact) mass is 393 g/mol. The lowest BCUT2D eigenvalue weighted by Crippen LogP contribution is -2.46. The molecule has 2 atom stereocenters. The molecule has 2 fully saturated rings. The standard InChI is InChI=1S/C19H19N7OS/c27-17(9-13-5-2-1-3-6-13)21-18-23-24-19(28-18)26-12-14-10-15(26)11-25(14)16-7-4-8-20-22-16/h1-8,14-15H,9-12H2,(H,21,23,27). The highest BCUT2D eigenvalue weighted by Gasteiger charge is 2.45. The zero-order chi connectivity index (χ0) is 18.9. The van der Waals surface area contributed by atoms with Gasteiger partial charge < -0.3 is 15.1 Å². The van der Waals surface area contributed by atoms with Crippen molar-refractivity contribution in [1.82, 2.24) is 20.4 Å². The van der Waals surface area contributed by atoms with Crippen LogP contribution in [0, 0.1) is 0 Å². The maximum Gasteiger partial charge on any atom is 0.230 e. The second kappa shape index (κ2) is 7.16. The van der Waals surface area contributed by atoms with Crippen LogP contribution in [-0.4, -0.2) is 51.5 Å². The van der Waals surface area contributed by atoms with E-state index in [1.165, 1.54) is 11.3 Å². The molecule has 8 nitrogen and oxygen atoms in total. The van der Waals surface area contributed by atoms with E-state index in [2.05, 4.69) is 35.5 Å². The lowest BCUT2D eigenvalue weighted by molar-refractivity contribution is -0.115. The number of nitrogens with zero attached hydrogens (tertiary/aromatic N) is 6. The fraction of sp³-hybridized carbons (Fsp3) is 0.316. The molecule has 1 amide bonds. The van der Waals surface area contributed by atoms with Gasteiger partial charge in [-0.15, -0.1) is 15.3 Å². The zero-order valence-corrected chi connectivity index (χ0v) is 15.9. The summed E-state index contributed by atoms with van der Waals surface area (Å²) in [5.74, 6) is 0.853. The predicted molar refractivity (Wildman–Crippen MR) is 108 cm³/mol. The third kappa shape index (κ3) is 3.29. The van der Waals surface area contributed by atoms with Gasteiger partial charge in [0.15, 0.2) is 5.82 Å². The van der Waals surface area contributed by atoms with Crippen LogP contribution in [0.4, 0.5) is 16.1 Å². The highest BCUT2D eigenvalue weighted by molar-refractivity contribution is 7.19. The largest absolute Gasteiger partial charge is 0.348 e. The van der Waals surface area contributed by atoms with E-state index in [4.69, 9.17) is 0 Å². The molecule has 2 aromatic heterocycles. The Balaban J connectivity index is 1.21. The molecule has 3 aromatic rings. The lowest BCUT2D eigenvalue weighted by Gasteiger charge is -2.34. The van der Waals surface area contributed by atoms with Crippen molar-refractivity contribution >= 4 is 33.3 Å². The summed E-state index contributed by atoms with van der Waals surface area (Å²) in [7, 11) is 0. The highest BCUT2D eigenvalue weighted by atomic mass is 32.1. The number of benzene rings is 1. The van der Waals surface area contributed by atoms with Gasteiger partial charge in [-0.05, 0) is 24.1 Å². The van der Waals surface area contributed by atoms with E-state index in [9.17, 15) is 4.79 Å². The summed E-state index contributed by atoms with van der Waals surface area (Å²) in [6.07, 6.45) is 3.10. The van der Waals surface area contributed by atoms with E-state index in [-0.39, 0.29) is 5.91 Å². The number of fused-ring (bicyclic) bond motifs is 2. The van der Waals surface area contributed by atoms with Gasteiger partial charge in [-0.3, -0.25) is 4.79 Å². The number of aromatic nitrogens is 4. The van der Waals surface area contributed by atoms with Crippen molar-refractivity contribution in [3.63, 3.8) is 0 Å². The quantitative estimate of drug-likeness (QED) is 0.709. The van der Waals surface area contributed by atoms with Gasteiger partial charge >= 0.3 is 0 Å². The van der Waals surface area contributed by atoms with Crippen molar-refractivity contribution in [2.75, 3.05) is 28.2 Å². The molecule has 1 N–H and O–H groups in total. The molecule has 2 aliphatic rings. The number of piperazine rings is 1. The van der Waals surface area contributed by atoms with Gasteiger partial charge in [0.2, 0.25) is 16.2 Å². The number of carbonyl (C=O) groups excluding carboxylic acids is 1. The maximum atomic E-state index is 12.2. The van der Waals surface area contributed by atoms with E-state index >= 15 is 0 Å². The second-order valence-electron chi connectivity index (χ2n) is 7.03. The van der Waals surface area contributed by atoms with Crippen LogP contribution in [-0.2, 0) is 11.2 Å². The summed E-state index contributed by atoms with van der Waals surface area (Å²) >= 11 is 1.43. The minimum absolute atomic E-state index is 0.0781. The van der Waals surface area contributed by atoms with Crippen LogP contribution in [0.1, 0.15) is 12.0 Å². The SMILES string of the molecule is O=C(Cc1ccccc1)Nc1nnc(N2CC3CC2CN3c2cccnn2)s1. The number of rotatable bonds is 5. The molecule has 9 heteroatoms. The van der Waals surface area contributed by atoms with Crippen LogP contribution in [0.25, 0.3) is 0 Å². The molecular formula is C19H19N7OS. The van der Waals surface area contributed by atoms with Gasteiger partial charge in [-0.1, -0.05) is 41.7 Å². The molecule has 0 aliphatic carbocycles. The smallest absolute Gasteiger partial charge is 0.230 e. The zero-order valence-electron chi connectivity index (χ0n) is 15.1. The number of nitrogens with one attached hydrogen (secondary N) is 1. The van der Waals surface area contributed by atoms with Gasteiger partial charge in [0.05, 0.1) is 18.5 Å². The van der Waals surface area contributed by atoms with Crippen molar-refractivity contribution in [2.24, 2.45) is 0 Å². The first-order chi connectivity index (χ1) is 13.8. The Kier molecular flexibility index (Phi) is 4.36. The van der Waals surface area contributed by atoms with Crippen LogP contribution in [0.5, 0.6) is 0 Å². The molecule has 0 spiro atoms. The van der Waals surface area contributed by atoms with E-state index in [0.717, 1.165) is 36.0 Å². The van der Waals surface area contributed by atoms with Crippen molar-refractivity contribution in [3.8, 4) is 0 Å². The molecule has 2 unspecified atom stereocenters. The van der Waals surface area contributed by atoms with E-state index < -0.39 is 0 Å². The van der Waals surface area contributed by atoms with Crippen molar-refractivity contribution in [1.29, 1.82) is 0 Å². The molecule has 0 radical (unpaired) electrons. The number of hydrogen-bond acceptors (Lipinski definition) is 8. The highest BCUT2D eigenvalue weighted by Crippen LogP contribution is 2.38. The summed E-state index contributed by atoms with van der Waals surface area (Å²) in [5, 5.41) is 21.0. The predicted octanol–water partition coefficient (Wildman–Crippen LogP) is 1.98. The molecule has 2 aliphatic heterocycles. The summed E-state index contributed by atoms with van der Waals surface area (Å²) in [6, 6.07) is 14.4.